The molecule has 0 spiro atoms. The van der Waals surface area contributed by atoms with Crippen LogP contribution in [-0.4, -0.2) is 19.9 Å². The molecule has 136 valence electrons. The van der Waals surface area contributed by atoms with E-state index < -0.39 is 17.9 Å². The lowest BCUT2D eigenvalue weighted by molar-refractivity contribution is -0.141. The van der Waals surface area contributed by atoms with Crippen LogP contribution >= 0.6 is 0 Å². The predicted octanol–water partition coefficient (Wildman–Crippen LogP) is 2.78. The van der Waals surface area contributed by atoms with Crippen LogP contribution in [0.15, 0.2) is 36.5 Å². The van der Waals surface area contributed by atoms with Gasteiger partial charge in [-0.3, -0.25) is 0 Å². The maximum absolute atomic E-state index is 12.8. The number of nitrogens with two attached hydrogens (primary N) is 2. The third-order valence-corrected chi connectivity index (χ3v) is 3.33. The molecule has 0 atom stereocenters. The van der Waals surface area contributed by atoms with Crippen molar-refractivity contribution in [2.45, 2.75) is 6.18 Å². The first kappa shape index (κ1) is 17.9. The number of alkyl halides is 3. The molecule has 0 saturated carbocycles. The summed E-state index contributed by atoms with van der Waals surface area (Å²) in [5.74, 6) is -0.248. The quantitative estimate of drug-likeness (QED) is 0.715. The Morgan fingerprint density at radius 2 is 1.78 bits per heavy atom. The summed E-state index contributed by atoms with van der Waals surface area (Å²) in [5.41, 5.74) is 10.4. The number of nitriles is 1. The van der Waals surface area contributed by atoms with Crippen molar-refractivity contribution in [1.82, 2.24) is 19.9 Å². The molecule has 27 heavy (non-hydrogen) atoms. The van der Waals surface area contributed by atoms with Crippen molar-refractivity contribution in [2.75, 3.05) is 11.5 Å². The number of nitrogen functional groups attached to an aromatic ring is 2. The number of hydrogen-bond acceptors (Lipinski definition) is 8. The van der Waals surface area contributed by atoms with Crippen LogP contribution in [0.3, 0.4) is 0 Å². The number of anilines is 2. The molecule has 2 heterocycles. The molecule has 0 unspecified atom stereocenters. The van der Waals surface area contributed by atoms with E-state index in [1.165, 1.54) is 12.1 Å². The van der Waals surface area contributed by atoms with Crippen molar-refractivity contribution in [2.24, 2.45) is 0 Å². The van der Waals surface area contributed by atoms with Crippen LogP contribution in [0.4, 0.5) is 24.9 Å². The van der Waals surface area contributed by atoms with Gasteiger partial charge < -0.3 is 16.2 Å². The Hall–Kier alpha value is -3.94. The van der Waals surface area contributed by atoms with Gasteiger partial charge in [-0.25, -0.2) is 9.97 Å². The lowest BCUT2D eigenvalue weighted by atomic mass is 10.1. The highest BCUT2D eigenvalue weighted by atomic mass is 19.4. The molecule has 3 rings (SSSR count). The van der Waals surface area contributed by atoms with Crippen LogP contribution in [0, 0.1) is 11.3 Å². The van der Waals surface area contributed by atoms with Crippen molar-refractivity contribution in [3.63, 3.8) is 0 Å². The number of para-hydroxylation sites is 1. The number of aromatic nitrogens is 4. The van der Waals surface area contributed by atoms with E-state index in [0.717, 1.165) is 12.3 Å². The summed E-state index contributed by atoms with van der Waals surface area (Å²) >= 11 is 0. The summed E-state index contributed by atoms with van der Waals surface area (Å²) in [6.45, 7) is 0. The van der Waals surface area contributed by atoms with Gasteiger partial charge in [0.05, 0.1) is 5.69 Å². The Morgan fingerprint density at radius 1 is 1.04 bits per heavy atom. The standard InChI is InChI=1S/C16H10F3N7O/c17-16(18,19)11-5-6-23-15(24-11)27-10-4-2-1-3-8(10)12-9(7-20)13(21)26-14(22)25-12/h1-6H,(H4,21,22,25,26). The van der Waals surface area contributed by atoms with Gasteiger partial charge >= 0.3 is 12.2 Å². The van der Waals surface area contributed by atoms with Crippen LogP contribution in [-0.2, 0) is 6.18 Å². The van der Waals surface area contributed by atoms with Crippen molar-refractivity contribution >= 4 is 11.8 Å². The minimum atomic E-state index is -4.65. The van der Waals surface area contributed by atoms with E-state index >= 15 is 0 Å². The molecular weight excluding hydrogens is 363 g/mol. The predicted molar refractivity (Wildman–Crippen MR) is 88.1 cm³/mol. The van der Waals surface area contributed by atoms with Crippen LogP contribution in [0.25, 0.3) is 11.3 Å². The van der Waals surface area contributed by atoms with Crippen molar-refractivity contribution in [3.8, 4) is 29.1 Å². The summed E-state index contributed by atoms with van der Waals surface area (Å²) in [6, 6.07) is 8.24. The molecule has 3 aromatic rings. The van der Waals surface area contributed by atoms with E-state index in [1.54, 1.807) is 12.1 Å². The molecule has 0 bridgehead atoms. The zero-order valence-electron chi connectivity index (χ0n) is 13.4. The second-order valence-corrected chi connectivity index (χ2v) is 5.12. The molecule has 0 fully saturated rings. The monoisotopic (exact) mass is 373 g/mol. The maximum atomic E-state index is 12.8. The number of rotatable bonds is 3. The van der Waals surface area contributed by atoms with E-state index in [4.69, 9.17) is 16.2 Å². The number of nitrogens with zero attached hydrogens (tertiary/aromatic N) is 5. The fourth-order valence-electron chi connectivity index (χ4n) is 2.20. The first-order valence-corrected chi connectivity index (χ1v) is 7.30. The highest BCUT2D eigenvalue weighted by molar-refractivity contribution is 5.77. The van der Waals surface area contributed by atoms with Crippen molar-refractivity contribution in [3.05, 3.63) is 47.8 Å². The Bertz CT molecular complexity index is 1050. The number of benzene rings is 1. The first-order chi connectivity index (χ1) is 12.8. The Balaban J connectivity index is 2.08. The van der Waals surface area contributed by atoms with E-state index in [2.05, 4.69) is 19.9 Å². The van der Waals surface area contributed by atoms with Gasteiger partial charge in [-0.1, -0.05) is 12.1 Å². The zero-order chi connectivity index (χ0) is 19.6. The molecule has 0 aliphatic rings. The Morgan fingerprint density at radius 3 is 2.48 bits per heavy atom. The highest BCUT2D eigenvalue weighted by Gasteiger charge is 2.33. The molecule has 8 nitrogen and oxygen atoms in total. The largest absolute Gasteiger partial charge is 0.433 e. The smallest absolute Gasteiger partial charge is 0.424 e. The van der Waals surface area contributed by atoms with E-state index in [1.807, 2.05) is 6.07 Å². The molecule has 0 aliphatic carbocycles. The average molecular weight is 373 g/mol. The summed E-state index contributed by atoms with van der Waals surface area (Å²) in [4.78, 5) is 14.7. The Kier molecular flexibility index (Phi) is 4.47. The van der Waals surface area contributed by atoms with E-state index in [9.17, 15) is 18.4 Å². The first-order valence-electron chi connectivity index (χ1n) is 7.30. The van der Waals surface area contributed by atoms with E-state index in [-0.39, 0.29) is 34.3 Å². The van der Waals surface area contributed by atoms with Gasteiger partial charge in [0, 0.05) is 11.8 Å². The second-order valence-electron chi connectivity index (χ2n) is 5.12. The molecule has 0 aliphatic heterocycles. The molecule has 1 aromatic carbocycles. The minimum absolute atomic E-state index is 0.0507. The van der Waals surface area contributed by atoms with Crippen LogP contribution < -0.4 is 16.2 Å². The molecule has 4 N–H and O–H groups in total. The number of hydrogen-bond donors (Lipinski definition) is 2. The molecule has 0 amide bonds. The van der Waals surface area contributed by atoms with E-state index in [0.29, 0.717) is 0 Å². The maximum Gasteiger partial charge on any atom is 0.433 e. The van der Waals surface area contributed by atoms with Crippen LogP contribution in [0.1, 0.15) is 11.3 Å². The fourth-order valence-corrected chi connectivity index (χ4v) is 2.20. The topological polar surface area (TPSA) is 137 Å². The van der Waals surface area contributed by atoms with Gasteiger partial charge in [-0.2, -0.15) is 28.4 Å². The molecule has 2 aromatic heterocycles. The lowest BCUT2D eigenvalue weighted by Crippen LogP contribution is -2.09. The minimum Gasteiger partial charge on any atom is -0.424 e. The SMILES string of the molecule is N#Cc1c(N)nc(N)nc1-c1ccccc1Oc1nccc(C(F)(F)F)n1. The van der Waals surface area contributed by atoms with Crippen molar-refractivity contribution < 1.29 is 17.9 Å². The van der Waals surface area contributed by atoms with Gasteiger partial charge in [0.2, 0.25) is 5.95 Å². The van der Waals surface area contributed by atoms with Crippen LogP contribution in [0.2, 0.25) is 0 Å². The van der Waals surface area contributed by atoms with Gasteiger partial charge in [0.25, 0.3) is 0 Å². The Labute approximate surface area is 150 Å². The van der Waals surface area contributed by atoms with Crippen molar-refractivity contribution in [1.29, 1.82) is 5.26 Å². The van der Waals surface area contributed by atoms with Gasteiger partial charge in [0.15, 0.2) is 5.69 Å². The van der Waals surface area contributed by atoms with Gasteiger partial charge in [0.1, 0.15) is 23.2 Å². The summed E-state index contributed by atoms with van der Waals surface area (Å²) in [6.07, 6.45) is -3.72. The molecule has 0 radical (unpaired) electrons. The highest BCUT2D eigenvalue weighted by Crippen LogP contribution is 2.35. The van der Waals surface area contributed by atoms with Gasteiger partial charge in [-0.15, -0.1) is 0 Å². The normalized spacial score (nSPS) is 11.0. The third-order valence-electron chi connectivity index (χ3n) is 3.33. The summed E-state index contributed by atoms with van der Waals surface area (Å²) in [7, 11) is 0. The fraction of sp³-hybridized carbons (Fsp3) is 0.0625. The summed E-state index contributed by atoms with van der Waals surface area (Å²) < 4.78 is 43.8. The molecule has 0 saturated heterocycles. The molecular formula is C16H10F3N7O. The lowest BCUT2D eigenvalue weighted by Gasteiger charge is -2.12. The zero-order valence-corrected chi connectivity index (χ0v) is 13.4. The molecule has 11 heteroatoms. The van der Waals surface area contributed by atoms with Crippen LogP contribution in [0.5, 0.6) is 11.8 Å². The third kappa shape index (κ3) is 3.69. The van der Waals surface area contributed by atoms with Gasteiger partial charge in [-0.05, 0) is 18.2 Å². The average Bonchev–Trinajstić information content (AvgIpc) is 2.61. The number of ether oxygens (including phenoxy) is 1. The number of halogens is 3. The second kappa shape index (κ2) is 6.75. The summed E-state index contributed by atoms with van der Waals surface area (Å²) in [5, 5.41) is 9.32.